The average molecular weight is 316 g/mol. The lowest BCUT2D eigenvalue weighted by Crippen LogP contribution is -2.39. The van der Waals surface area contributed by atoms with E-state index in [4.69, 9.17) is 9.47 Å². The molecule has 1 aliphatic rings. The van der Waals surface area contributed by atoms with Crippen molar-refractivity contribution in [1.82, 2.24) is 0 Å². The normalized spacial score (nSPS) is 27.2. The Bertz CT molecular complexity index is 620. The zero-order valence-corrected chi connectivity index (χ0v) is 13.4. The van der Waals surface area contributed by atoms with Crippen LogP contribution in [0.5, 0.6) is 0 Å². The summed E-state index contributed by atoms with van der Waals surface area (Å²) in [6.07, 6.45) is 1.69. The smallest absolute Gasteiger partial charge is 0.338 e. The van der Waals surface area contributed by atoms with Gasteiger partial charge in [-0.2, -0.15) is 0 Å². The summed E-state index contributed by atoms with van der Waals surface area (Å²) >= 11 is 0. The van der Waals surface area contributed by atoms with Crippen molar-refractivity contribution in [2.75, 3.05) is 0 Å². The summed E-state index contributed by atoms with van der Waals surface area (Å²) in [5.41, 5.74) is 0.431. The van der Waals surface area contributed by atoms with Gasteiger partial charge in [0.05, 0.1) is 11.5 Å². The maximum Gasteiger partial charge on any atom is 0.338 e. The number of benzene rings is 1. The molecule has 0 N–H and O–H groups in total. The first kappa shape index (κ1) is 16.9. The standard InChI is InChI=1S/C18H20O5/c1-11-15(20)9-10-16(12(2)17(11)22-13(3)19)23-18(21)14-7-5-4-6-8-14/h4-12,16-17H,1-3H3/t11-,12+,16+,17-/m1/s1. The molecule has 0 saturated heterocycles. The molecule has 1 aliphatic carbocycles. The minimum atomic E-state index is -0.638. The molecule has 0 aromatic heterocycles. The molecule has 23 heavy (non-hydrogen) atoms. The summed E-state index contributed by atoms with van der Waals surface area (Å²) in [4.78, 5) is 35.6. The van der Waals surface area contributed by atoms with Crippen molar-refractivity contribution in [2.45, 2.75) is 33.0 Å². The molecular formula is C18H20O5. The maximum atomic E-state index is 12.2. The number of ether oxygens (including phenoxy) is 2. The summed E-state index contributed by atoms with van der Waals surface area (Å²) in [7, 11) is 0. The predicted molar refractivity (Wildman–Crippen MR) is 83.7 cm³/mol. The van der Waals surface area contributed by atoms with Gasteiger partial charge in [-0.25, -0.2) is 4.79 Å². The highest BCUT2D eigenvalue weighted by atomic mass is 16.6. The number of hydrogen-bond acceptors (Lipinski definition) is 5. The van der Waals surface area contributed by atoms with E-state index in [-0.39, 0.29) is 11.7 Å². The second kappa shape index (κ2) is 7.22. The Morgan fingerprint density at radius 1 is 1.04 bits per heavy atom. The Morgan fingerprint density at radius 3 is 2.30 bits per heavy atom. The minimum Gasteiger partial charge on any atom is -0.461 e. The summed E-state index contributed by atoms with van der Waals surface area (Å²) < 4.78 is 10.8. The first-order chi connectivity index (χ1) is 10.9. The lowest BCUT2D eigenvalue weighted by Gasteiger charge is -2.29. The summed E-state index contributed by atoms with van der Waals surface area (Å²) in [5, 5.41) is 0. The number of allylic oxidation sites excluding steroid dienone is 1. The zero-order valence-electron chi connectivity index (χ0n) is 13.4. The molecule has 0 heterocycles. The van der Waals surface area contributed by atoms with E-state index in [0.29, 0.717) is 5.56 Å². The van der Waals surface area contributed by atoms with Crippen molar-refractivity contribution < 1.29 is 23.9 Å². The van der Waals surface area contributed by atoms with E-state index in [2.05, 4.69) is 0 Å². The van der Waals surface area contributed by atoms with Crippen molar-refractivity contribution in [3.8, 4) is 0 Å². The molecule has 0 fully saturated rings. The molecule has 4 atom stereocenters. The monoisotopic (exact) mass is 316 g/mol. The lowest BCUT2D eigenvalue weighted by atomic mass is 9.89. The number of rotatable bonds is 3. The lowest BCUT2D eigenvalue weighted by molar-refractivity contribution is -0.155. The molecule has 0 unspecified atom stereocenters. The van der Waals surface area contributed by atoms with Crippen LogP contribution >= 0.6 is 0 Å². The highest BCUT2D eigenvalue weighted by Crippen LogP contribution is 2.27. The summed E-state index contributed by atoms with van der Waals surface area (Å²) in [6.45, 7) is 4.81. The van der Waals surface area contributed by atoms with E-state index in [1.807, 2.05) is 6.07 Å². The molecule has 1 aromatic rings. The highest BCUT2D eigenvalue weighted by Gasteiger charge is 2.38. The highest BCUT2D eigenvalue weighted by molar-refractivity contribution is 5.93. The predicted octanol–water partition coefficient (Wildman–Crippen LogP) is 2.55. The topological polar surface area (TPSA) is 69.7 Å². The van der Waals surface area contributed by atoms with Crippen molar-refractivity contribution in [3.05, 3.63) is 48.0 Å². The fourth-order valence-corrected chi connectivity index (χ4v) is 2.63. The second-order valence-corrected chi connectivity index (χ2v) is 5.72. The molecule has 0 amide bonds. The summed E-state index contributed by atoms with van der Waals surface area (Å²) in [6, 6.07) is 8.62. The molecule has 122 valence electrons. The molecule has 0 saturated carbocycles. The zero-order chi connectivity index (χ0) is 17.0. The van der Waals surface area contributed by atoms with Crippen LogP contribution in [0.25, 0.3) is 0 Å². The number of ketones is 1. The Labute approximate surface area is 135 Å². The van der Waals surface area contributed by atoms with E-state index >= 15 is 0 Å². The van der Waals surface area contributed by atoms with Gasteiger partial charge in [-0.1, -0.05) is 32.0 Å². The fraction of sp³-hybridized carbons (Fsp3) is 0.389. The molecule has 0 spiro atoms. The van der Waals surface area contributed by atoms with E-state index in [1.54, 1.807) is 44.2 Å². The van der Waals surface area contributed by atoms with Gasteiger partial charge in [-0.05, 0) is 24.3 Å². The third kappa shape index (κ3) is 4.06. The molecule has 5 heteroatoms. The number of carbonyl (C=O) groups is 3. The minimum absolute atomic E-state index is 0.152. The Morgan fingerprint density at radius 2 is 1.70 bits per heavy atom. The van der Waals surface area contributed by atoms with Crippen molar-refractivity contribution in [2.24, 2.45) is 11.8 Å². The van der Waals surface area contributed by atoms with E-state index in [9.17, 15) is 14.4 Å². The first-order valence-corrected chi connectivity index (χ1v) is 7.55. The molecule has 5 nitrogen and oxygen atoms in total. The maximum absolute atomic E-state index is 12.2. The first-order valence-electron chi connectivity index (χ1n) is 7.55. The van der Waals surface area contributed by atoms with Crippen molar-refractivity contribution >= 4 is 17.7 Å². The third-order valence-corrected chi connectivity index (χ3v) is 3.98. The van der Waals surface area contributed by atoms with Gasteiger partial charge in [0.25, 0.3) is 0 Å². The Kier molecular flexibility index (Phi) is 5.32. The number of hydrogen-bond donors (Lipinski definition) is 0. The van der Waals surface area contributed by atoms with Gasteiger partial charge in [0.2, 0.25) is 0 Å². The molecular weight excluding hydrogens is 296 g/mol. The van der Waals surface area contributed by atoms with Crippen molar-refractivity contribution in [3.63, 3.8) is 0 Å². The summed E-state index contributed by atoms with van der Waals surface area (Å²) in [5.74, 6) is -1.90. The molecule has 0 radical (unpaired) electrons. The van der Waals surface area contributed by atoms with Crippen LogP contribution in [-0.4, -0.2) is 29.9 Å². The molecule has 0 aliphatic heterocycles. The SMILES string of the molecule is CC(=O)O[C@H]1[C@@H](C)[C@@H](OC(=O)c2ccccc2)C=CC(=O)[C@H]1C. The quantitative estimate of drug-likeness (QED) is 0.802. The van der Waals surface area contributed by atoms with Gasteiger partial charge in [0.1, 0.15) is 12.2 Å². The van der Waals surface area contributed by atoms with Crippen LogP contribution in [0.2, 0.25) is 0 Å². The van der Waals surface area contributed by atoms with Crippen LogP contribution in [0.4, 0.5) is 0 Å². The van der Waals surface area contributed by atoms with Crippen LogP contribution < -0.4 is 0 Å². The van der Waals surface area contributed by atoms with Crippen molar-refractivity contribution in [1.29, 1.82) is 0 Å². The van der Waals surface area contributed by atoms with Gasteiger partial charge >= 0.3 is 11.9 Å². The molecule has 0 bridgehead atoms. The number of carbonyl (C=O) groups excluding carboxylic acids is 3. The van der Waals surface area contributed by atoms with Crippen LogP contribution in [0.15, 0.2) is 42.5 Å². The van der Waals surface area contributed by atoms with Crippen LogP contribution in [0.3, 0.4) is 0 Å². The van der Waals surface area contributed by atoms with Gasteiger partial charge in [0, 0.05) is 12.8 Å². The van der Waals surface area contributed by atoms with E-state index in [0.717, 1.165) is 0 Å². The molecule has 1 aromatic carbocycles. The van der Waals surface area contributed by atoms with Gasteiger partial charge in [-0.15, -0.1) is 0 Å². The largest absolute Gasteiger partial charge is 0.461 e. The molecule has 2 rings (SSSR count). The van der Waals surface area contributed by atoms with Gasteiger partial charge in [-0.3, -0.25) is 9.59 Å². The fourth-order valence-electron chi connectivity index (χ4n) is 2.63. The Balaban J connectivity index is 2.19. The van der Waals surface area contributed by atoms with Crippen LogP contribution in [0, 0.1) is 11.8 Å². The van der Waals surface area contributed by atoms with Crippen LogP contribution in [0.1, 0.15) is 31.1 Å². The second-order valence-electron chi connectivity index (χ2n) is 5.72. The van der Waals surface area contributed by atoms with Crippen LogP contribution in [-0.2, 0) is 19.1 Å². The van der Waals surface area contributed by atoms with Gasteiger partial charge < -0.3 is 9.47 Å². The van der Waals surface area contributed by atoms with E-state index < -0.39 is 30.1 Å². The Hall–Kier alpha value is -2.43. The van der Waals surface area contributed by atoms with E-state index in [1.165, 1.54) is 13.0 Å². The average Bonchev–Trinajstić information content (AvgIpc) is 2.63. The number of esters is 2. The third-order valence-electron chi connectivity index (χ3n) is 3.98. The van der Waals surface area contributed by atoms with Gasteiger partial charge in [0.15, 0.2) is 5.78 Å².